The lowest BCUT2D eigenvalue weighted by atomic mass is 10.2. The largest absolute Gasteiger partial charge is 0.329 e. The van der Waals surface area contributed by atoms with Gasteiger partial charge in [0.05, 0.1) is 5.56 Å². The first-order chi connectivity index (χ1) is 14.5. The summed E-state index contributed by atoms with van der Waals surface area (Å²) in [5, 5.41) is 5.28. The van der Waals surface area contributed by atoms with Crippen molar-refractivity contribution in [3.05, 3.63) is 95.6 Å². The van der Waals surface area contributed by atoms with Crippen molar-refractivity contribution in [2.24, 2.45) is 0 Å². The van der Waals surface area contributed by atoms with E-state index >= 15 is 0 Å². The Balaban J connectivity index is 1.42. The molecule has 3 N–H and O–H groups in total. The molecule has 0 fully saturated rings. The van der Waals surface area contributed by atoms with Crippen LogP contribution in [0.1, 0.15) is 15.9 Å². The van der Waals surface area contributed by atoms with Gasteiger partial charge in [0.2, 0.25) is 0 Å². The first-order valence-corrected chi connectivity index (χ1v) is 10.1. The summed E-state index contributed by atoms with van der Waals surface area (Å²) in [7, 11) is 0. The molecule has 0 bridgehead atoms. The van der Waals surface area contributed by atoms with Crippen LogP contribution in [-0.2, 0) is 6.42 Å². The lowest BCUT2D eigenvalue weighted by molar-refractivity contribution is 0.102. The number of amides is 3. The summed E-state index contributed by atoms with van der Waals surface area (Å²) in [5.41, 5.74) is 1.95. The molecule has 0 unspecified atom stereocenters. The topological polar surface area (TPSA) is 70.2 Å². The number of hydrogen-bond acceptors (Lipinski definition) is 3. The smallest absolute Gasteiger partial charge is 0.322 e. The van der Waals surface area contributed by atoms with Gasteiger partial charge in [-0.2, -0.15) is 0 Å². The molecule has 0 spiro atoms. The van der Waals surface area contributed by atoms with Crippen molar-refractivity contribution >= 4 is 35.3 Å². The van der Waals surface area contributed by atoms with Gasteiger partial charge in [-0.3, -0.25) is 9.52 Å². The average molecular weight is 427 g/mol. The third kappa shape index (κ3) is 6.31. The van der Waals surface area contributed by atoms with Crippen LogP contribution >= 0.6 is 11.9 Å². The molecule has 0 atom stereocenters. The van der Waals surface area contributed by atoms with E-state index in [2.05, 4.69) is 15.4 Å². The fourth-order valence-electron chi connectivity index (χ4n) is 2.57. The lowest BCUT2D eigenvalue weighted by Crippen LogP contribution is -2.23. The average Bonchev–Trinajstić information content (AvgIpc) is 2.74. The van der Waals surface area contributed by atoms with Crippen molar-refractivity contribution in [1.82, 2.24) is 4.72 Å². The van der Waals surface area contributed by atoms with E-state index in [4.69, 9.17) is 0 Å². The van der Waals surface area contributed by atoms with Crippen molar-refractivity contribution in [3.8, 4) is 0 Å². The normalized spacial score (nSPS) is 10.3. The summed E-state index contributed by atoms with van der Waals surface area (Å²) in [6.45, 7) is 0. The molecule has 0 aliphatic carbocycles. The molecule has 0 aliphatic heterocycles. The number of anilines is 2. The fourth-order valence-corrected chi connectivity index (χ4v) is 3.20. The van der Waals surface area contributed by atoms with Gasteiger partial charge >= 0.3 is 6.03 Å². The highest BCUT2D eigenvalue weighted by atomic mass is 32.2. The monoisotopic (exact) mass is 427 g/mol. The Morgan fingerprint density at radius 1 is 0.800 bits per heavy atom. The van der Waals surface area contributed by atoms with E-state index in [-0.39, 0.29) is 17.4 Å². The molecule has 0 radical (unpaired) electrons. The standard InChI is InChI=1S/C22H19F2N3O2S/c23-16-7-5-15(6-8-16)13-14-30-27-22(29)26-18-11-9-17(10-12-18)25-21(28)19-3-1-2-4-20(19)24/h1-12H,13-14H2,(H,25,28)(H2,26,27,29). The molecular weight excluding hydrogens is 408 g/mol. The number of carbonyl (C=O) groups is 2. The Kier molecular flexibility index (Phi) is 7.40. The molecule has 3 rings (SSSR count). The summed E-state index contributed by atoms with van der Waals surface area (Å²) in [5.74, 6) is -0.784. The lowest BCUT2D eigenvalue weighted by Gasteiger charge is -2.09. The van der Waals surface area contributed by atoms with Crippen LogP contribution < -0.4 is 15.4 Å². The predicted molar refractivity (Wildman–Crippen MR) is 116 cm³/mol. The van der Waals surface area contributed by atoms with Crippen molar-refractivity contribution in [3.63, 3.8) is 0 Å². The van der Waals surface area contributed by atoms with Crippen LogP contribution in [0.5, 0.6) is 0 Å². The Morgan fingerprint density at radius 3 is 2.10 bits per heavy atom. The second-order valence-corrected chi connectivity index (χ2v) is 7.19. The van der Waals surface area contributed by atoms with Gasteiger partial charge in [-0.25, -0.2) is 13.6 Å². The molecule has 30 heavy (non-hydrogen) atoms. The van der Waals surface area contributed by atoms with E-state index in [9.17, 15) is 18.4 Å². The van der Waals surface area contributed by atoms with Gasteiger partial charge in [0.15, 0.2) is 0 Å². The molecule has 0 saturated carbocycles. The van der Waals surface area contributed by atoms with Crippen molar-refractivity contribution in [1.29, 1.82) is 0 Å². The molecule has 3 amide bonds. The maximum Gasteiger partial charge on any atom is 0.329 e. The molecule has 154 valence electrons. The molecule has 3 aromatic rings. The summed E-state index contributed by atoms with van der Waals surface area (Å²) in [4.78, 5) is 24.1. The molecular formula is C22H19F2N3O2S. The van der Waals surface area contributed by atoms with Gasteiger partial charge in [0.25, 0.3) is 5.91 Å². The van der Waals surface area contributed by atoms with Crippen LogP contribution in [0, 0.1) is 11.6 Å². The zero-order valence-corrected chi connectivity index (χ0v) is 16.6. The van der Waals surface area contributed by atoms with Gasteiger partial charge in [0, 0.05) is 17.1 Å². The second kappa shape index (κ2) is 10.4. The summed E-state index contributed by atoms with van der Waals surface area (Å²) in [6.07, 6.45) is 0.696. The SMILES string of the molecule is O=C(NSCCc1ccc(F)cc1)Nc1ccc(NC(=O)c2ccccc2F)cc1. The summed E-state index contributed by atoms with van der Waals surface area (Å²) >= 11 is 1.24. The fraction of sp³-hybridized carbons (Fsp3) is 0.0909. The third-order valence-electron chi connectivity index (χ3n) is 4.09. The van der Waals surface area contributed by atoms with Crippen molar-refractivity contribution in [2.75, 3.05) is 16.4 Å². The number of carbonyl (C=O) groups excluding carboxylic acids is 2. The zero-order chi connectivity index (χ0) is 21.3. The van der Waals surface area contributed by atoms with Crippen LogP contribution in [0.4, 0.5) is 25.0 Å². The second-order valence-electron chi connectivity index (χ2n) is 6.29. The minimum Gasteiger partial charge on any atom is -0.322 e. The highest BCUT2D eigenvalue weighted by molar-refractivity contribution is 7.97. The Morgan fingerprint density at radius 2 is 1.43 bits per heavy atom. The maximum atomic E-state index is 13.7. The van der Waals surface area contributed by atoms with E-state index in [1.54, 1.807) is 42.5 Å². The van der Waals surface area contributed by atoms with Crippen LogP contribution in [0.3, 0.4) is 0 Å². The first-order valence-electron chi connectivity index (χ1n) is 9.10. The molecule has 0 aromatic heterocycles. The van der Waals surface area contributed by atoms with E-state index in [1.807, 2.05) is 0 Å². The highest BCUT2D eigenvalue weighted by Crippen LogP contribution is 2.16. The Bertz CT molecular complexity index is 1010. The number of nitrogens with one attached hydrogen (secondary N) is 3. The van der Waals surface area contributed by atoms with Crippen LogP contribution in [0.2, 0.25) is 0 Å². The minimum absolute atomic E-state index is 0.0447. The predicted octanol–water partition coefficient (Wildman–Crippen LogP) is 5.23. The first kappa shape index (κ1) is 21.3. The van der Waals surface area contributed by atoms with Crippen LogP contribution in [0.25, 0.3) is 0 Å². The number of hydrogen-bond donors (Lipinski definition) is 3. The van der Waals surface area contributed by atoms with Gasteiger partial charge in [0.1, 0.15) is 11.6 Å². The molecule has 0 aliphatic rings. The Hall–Kier alpha value is -3.39. The maximum absolute atomic E-state index is 13.7. The van der Waals surface area contributed by atoms with E-state index < -0.39 is 11.7 Å². The van der Waals surface area contributed by atoms with Crippen molar-refractivity contribution < 1.29 is 18.4 Å². The number of benzene rings is 3. The summed E-state index contributed by atoms with van der Waals surface area (Å²) in [6, 6.07) is 18.0. The zero-order valence-electron chi connectivity index (χ0n) is 15.8. The van der Waals surface area contributed by atoms with Gasteiger partial charge in [-0.05, 0) is 72.5 Å². The number of rotatable bonds is 7. The molecule has 5 nitrogen and oxygen atoms in total. The highest BCUT2D eigenvalue weighted by Gasteiger charge is 2.11. The summed E-state index contributed by atoms with van der Waals surface area (Å²) < 4.78 is 29.2. The van der Waals surface area contributed by atoms with Crippen LogP contribution in [-0.4, -0.2) is 17.7 Å². The van der Waals surface area contributed by atoms with Gasteiger partial charge in [-0.15, -0.1) is 0 Å². The molecule has 0 saturated heterocycles. The Labute approximate surface area is 177 Å². The van der Waals surface area contributed by atoms with E-state index in [0.29, 0.717) is 23.5 Å². The van der Waals surface area contributed by atoms with E-state index in [0.717, 1.165) is 5.56 Å². The van der Waals surface area contributed by atoms with Crippen molar-refractivity contribution in [2.45, 2.75) is 6.42 Å². The number of urea groups is 1. The van der Waals surface area contributed by atoms with Gasteiger partial charge in [-0.1, -0.05) is 24.3 Å². The number of halogens is 2. The molecule has 0 heterocycles. The van der Waals surface area contributed by atoms with Crippen LogP contribution in [0.15, 0.2) is 72.8 Å². The van der Waals surface area contributed by atoms with E-state index in [1.165, 1.54) is 42.3 Å². The quantitative estimate of drug-likeness (QED) is 0.357. The molecule has 8 heteroatoms. The number of aryl methyl sites for hydroxylation is 1. The van der Waals surface area contributed by atoms with Gasteiger partial charge < -0.3 is 10.6 Å². The minimum atomic E-state index is -0.595. The molecule has 3 aromatic carbocycles. The third-order valence-corrected chi connectivity index (χ3v) is 4.83.